The van der Waals surface area contributed by atoms with Crippen LogP contribution in [0, 0.1) is 5.92 Å². The summed E-state index contributed by atoms with van der Waals surface area (Å²) in [6.07, 6.45) is 5.21. The summed E-state index contributed by atoms with van der Waals surface area (Å²) in [7, 11) is 0. The van der Waals surface area contributed by atoms with Crippen LogP contribution in [0.1, 0.15) is 26.2 Å². The molecule has 18 heavy (non-hydrogen) atoms. The van der Waals surface area contributed by atoms with Crippen LogP contribution < -0.4 is 16.0 Å². The molecule has 0 aliphatic carbocycles. The first-order valence-electron chi connectivity index (χ1n) is 6.89. The maximum Gasteiger partial charge on any atom is 0.131 e. The van der Waals surface area contributed by atoms with Crippen LogP contribution in [0.2, 0.25) is 0 Å². The molecule has 3 N–H and O–H groups in total. The molecule has 1 unspecified atom stereocenters. The molecule has 0 spiro atoms. The lowest BCUT2D eigenvalue weighted by Crippen LogP contribution is -2.13. The lowest BCUT2D eigenvalue weighted by Gasteiger charge is -2.10. The second-order valence-electron chi connectivity index (χ2n) is 4.79. The molecule has 1 atom stereocenters. The van der Waals surface area contributed by atoms with Gasteiger partial charge in [0.15, 0.2) is 0 Å². The molecule has 0 aromatic carbocycles. The zero-order chi connectivity index (χ0) is 12.6. The summed E-state index contributed by atoms with van der Waals surface area (Å²) in [5.74, 6) is 2.63. The van der Waals surface area contributed by atoms with Gasteiger partial charge in [-0.2, -0.15) is 0 Å². The number of aromatic nitrogens is 2. The van der Waals surface area contributed by atoms with Gasteiger partial charge in [-0.25, -0.2) is 9.97 Å². The van der Waals surface area contributed by atoms with E-state index in [0.717, 1.165) is 43.6 Å². The van der Waals surface area contributed by atoms with E-state index in [-0.39, 0.29) is 0 Å². The van der Waals surface area contributed by atoms with Gasteiger partial charge in [-0.3, -0.25) is 0 Å². The maximum atomic E-state index is 4.23. The Balaban J connectivity index is 1.74. The summed E-state index contributed by atoms with van der Waals surface area (Å²) in [4.78, 5) is 8.42. The first-order valence-corrected chi connectivity index (χ1v) is 6.89. The SMILES string of the molecule is CCCNc1cc(NCCC2CCNC2)ncn1. The number of nitrogens with one attached hydrogen (secondary N) is 3. The van der Waals surface area contributed by atoms with E-state index in [9.17, 15) is 0 Å². The molecule has 5 heteroatoms. The Morgan fingerprint density at radius 2 is 2.06 bits per heavy atom. The first-order chi connectivity index (χ1) is 8.88. The molecule has 5 nitrogen and oxygen atoms in total. The smallest absolute Gasteiger partial charge is 0.131 e. The Labute approximate surface area is 109 Å². The normalized spacial score (nSPS) is 18.8. The van der Waals surface area contributed by atoms with Gasteiger partial charge in [-0.1, -0.05) is 6.92 Å². The monoisotopic (exact) mass is 249 g/mol. The molecule has 1 aliphatic heterocycles. The van der Waals surface area contributed by atoms with Crippen molar-refractivity contribution in [1.29, 1.82) is 0 Å². The predicted octanol–water partition coefficient (Wildman–Crippen LogP) is 1.71. The van der Waals surface area contributed by atoms with Crippen molar-refractivity contribution in [2.24, 2.45) is 5.92 Å². The zero-order valence-corrected chi connectivity index (χ0v) is 11.1. The van der Waals surface area contributed by atoms with Crippen LogP contribution in [0.5, 0.6) is 0 Å². The van der Waals surface area contributed by atoms with Crippen LogP contribution in [0.3, 0.4) is 0 Å². The Hall–Kier alpha value is -1.36. The van der Waals surface area contributed by atoms with E-state index >= 15 is 0 Å². The summed E-state index contributed by atoms with van der Waals surface area (Å²) in [6, 6.07) is 1.97. The van der Waals surface area contributed by atoms with Gasteiger partial charge < -0.3 is 16.0 Å². The van der Waals surface area contributed by atoms with Crippen molar-refractivity contribution in [2.45, 2.75) is 26.2 Å². The topological polar surface area (TPSA) is 61.9 Å². The van der Waals surface area contributed by atoms with Crippen LogP contribution in [-0.2, 0) is 0 Å². The van der Waals surface area contributed by atoms with E-state index in [2.05, 4.69) is 32.8 Å². The molecule has 1 aromatic rings. The van der Waals surface area contributed by atoms with Crippen molar-refractivity contribution in [1.82, 2.24) is 15.3 Å². The summed E-state index contributed by atoms with van der Waals surface area (Å²) >= 11 is 0. The van der Waals surface area contributed by atoms with Crippen molar-refractivity contribution in [2.75, 3.05) is 36.8 Å². The zero-order valence-electron chi connectivity index (χ0n) is 11.1. The van der Waals surface area contributed by atoms with Crippen LogP contribution in [0.15, 0.2) is 12.4 Å². The third-order valence-corrected chi connectivity index (χ3v) is 3.24. The molecule has 0 bridgehead atoms. The minimum absolute atomic E-state index is 0.817. The highest BCUT2D eigenvalue weighted by molar-refractivity contribution is 5.46. The van der Waals surface area contributed by atoms with Gasteiger partial charge in [0.1, 0.15) is 18.0 Å². The summed E-state index contributed by atoms with van der Waals surface area (Å²) in [5.41, 5.74) is 0. The minimum Gasteiger partial charge on any atom is -0.370 e. The van der Waals surface area contributed by atoms with Gasteiger partial charge in [0, 0.05) is 19.2 Å². The highest BCUT2D eigenvalue weighted by atomic mass is 15.1. The summed E-state index contributed by atoms with van der Waals surface area (Å²) < 4.78 is 0. The molecule has 0 saturated carbocycles. The van der Waals surface area contributed by atoms with Crippen molar-refractivity contribution in [3.8, 4) is 0 Å². The molecule has 1 aliphatic rings. The Morgan fingerprint density at radius 3 is 2.72 bits per heavy atom. The molecule has 1 aromatic heterocycles. The average molecular weight is 249 g/mol. The second-order valence-corrected chi connectivity index (χ2v) is 4.79. The van der Waals surface area contributed by atoms with E-state index in [1.54, 1.807) is 6.33 Å². The Kier molecular flexibility index (Phi) is 5.20. The highest BCUT2D eigenvalue weighted by Crippen LogP contribution is 2.13. The molecular weight excluding hydrogens is 226 g/mol. The fraction of sp³-hybridized carbons (Fsp3) is 0.692. The highest BCUT2D eigenvalue weighted by Gasteiger charge is 2.13. The van der Waals surface area contributed by atoms with Crippen LogP contribution in [0.4, 0.5) is 11.6 Å². The van der Waals surface area contributed by atoms with E-state index in [4.69, 9.17) is 0 Å². The van der Waals surface area contributed by atoms with E-state index in [1.165, 1.54) is 19.4 Å². The fourth-order valence-electron chi connectivity index (χ4n) is 2.17. The Morgan fingerprint density at radius 1 is 1.28 bits per heavy atom. The number of rotatable bonds is 7. The van der Waals surface area contributed by atoms with Crippen molar-refractivity contribution >= 4 is 11.6 Å². The third kappa shape index (κ3) is 4.14. The van der Waals surface area contributed by atoms with Gasteiger partial charge in [-0.15, -0.1) is 0 Å². The van der Waals surface area contributed by atoms with E-state index in [1.807, 2.05) is 6.07 Å². The van der Waals surface area contributed by atoms with Crippen molar-refractivity contribution in [3.05, 3.63) is 12.4 Å². The molecule has 0 radical (unpaired) electrons. The number of anilines is 2. The third-order valence-electron chi connectivity index (χ3n) is 3.24. The molecule has 2 heterocycles. The number of hydrogen-bond donors (Lipinski definition) is 3. The standard InChI is InChI=1S/C13H23N5/c1-2-5-15-12-8-13(18-10-17-12)16-7-4-11-3-6-14-9-11/h8,10-11,14H,2-7,9H2,1H3,(H2,15,16,17,18). The molecule has 2 rings (SSSR count). The summed E-state index contributed by atoms with van der Waals surface area (Å²) in [6.45, 7) is 6.40. The number of nitrogens with zero attached hydrogens (tertiary/aromatic N) is 2. The number of hydrogen-bond acceptors (Lipinski definition) is 5. The Bertz CT molecular complexity index is 349. The second kappa shape index (κ2) is 7.16. The summed E-state index contributed by atoms with van der Waals surface area (Å²) in [5, 5.41) is 10.0. The van der Waals surface area contributed by atoms with Crippen molar-refractivity contribution < 1.29 is 0 Å². The molecule has 1 saturated heterocycles. The van der Waals surface area contributed by atoms with Gasteiger partial charge in [-0.05, 0) is 38.3 Å². The molecule has 1 fully saturated rings. The van der Waals surface area contributed by atoms with E-state index < -0.39 is 0 Å². The fourth-order valence-corrected chi connectivity index (χ4v) is 2.17. The average Bonchev–Trinajstić information content (AvgIpc) is 2.90. The molecular formula is C13H23N5. The maximum absolute atomic E-state index is 4.23. The van der Waals surface area contributed by atoms with Gasteiger partial charge in [0.05, 0.1) is 0 Å². The lowest BCUT2D eigenvalue weighted by molar-refractivity contribution is 0.549. The quantitative estimate of drug-likeness (QED) is 0.686. The predicted molar refractivity (Wildman–Crippen MR) is 74.9 cm³/mol. The van der Waals surface area contributed by atoms with E-state index in [0.29, 0.717) is 0 Å². The molecule has 100 valence electrons. The van der Waals surface area contributed by atoms with Crippen LogP contribution in [-0.4, -0.2) is 36.1 Å². The first kappa shape index (κ1) is 13.1. The van der Waals surface area contributed by atoms with Crippen LogP contribution >= 0.6 is 0 Å². The van der Waals surface area contributed by atoms with Crippen LogP contribution in [0.25, 0.3) is 0 Å². The van der Waals surface area contributed by atoms with Gasteiger partial charge >= 0.3 is 0 Å². The van der Waals surface area contributed by atoms with Gasteiger partial charge in [0.2, 0.25) is 0 Å². The molecule has 0 amide bonds. The van der Waals surface area contributed by atoms with Gasteiger partial charge in [0.25, 0.3) is 0 Å². The lowest BCUT2D eigenvalue weighted by atomic mass is 10.1. The van der Waals surface area contributed by atoms with Crippen molar-refractivity contribution in [3.63, 3.8) is 0 Å². The minimum atomic E-state index is 0.817. The largest absolute Gasteiger partial charge is 0.370 e.